The van der Waals surface area contributed by atoms with Crippen LogP contribution in [0.3, 0.4) is 0 Å². The zero-order chi connectivity index (χ0) is 22.5. The summed E-state index contributed by atoms with van der Waals surface area (Å²) in [6, 6.07) is 15.4. The summed E-state index contributed by atoms with van der Waals surface area (Å²) >= 11 is 0. The van der Waals surface area contributed by atoms with Crippen LogP contribution in [0.15, 0.2) is 54.6 Å². The molecule has 32 heavy (non-hydrogen) atoms. The van der Waals surface area contributed by atoms with E-state index in [1.807, 2.05) is 12.1 Å². The fraction of sp³-hybridized carbons (Fsp3) is 0.346. The van der Waals surface area contributed by atoms with Gasteiger partial charge in [-0.3, -0.25) is 0 Å². The maximum absolute atomic E-state index is 14.3. The Morgan fingerprint density at radius 2 is 1.91 bits per heavy atom. The SMILES string of the molecule is CC1(C)[C@@H]2CC[C@@]1(COCc1ccc(C(=O)O)cc1)c1nnc(-c3ccccc3F)cc12. The molecule has 0 amide bonds. The second-order valence-corrected chi connectivity index (χ2v) is 9.40. The number of aromatic nitrogens is 2. The summed E-state index contributed by atoms with van der Waals surface area (Å²) in [6.45, 7) is 5.44. The van der Waals surface area contributed by atoms with Crippen LogP contribution in [-0.2, 0) is 16.8 Å². The number of hydrogen-bond donors (Lipinski definition) is 1. The number of carbonyl (C=O) groups is 1. The molecule has 5 rings (SSSR count). The van der Waals surface area contributed by atoms with Crippen LogP contribution in [-0.4, -0.2) is 27.9 Å². The summed E-state index contributed by atoms with van der Waals surface area (Å²) in [5.74, 6) is -0.904. The third-order valence-corrected chi connectivity index (χ3v) is 7.58. The van der Waals surface area contributed by atoms with Crippen molar-refractivity contribution in [2.75, 3.05) is 6.61 Å². The van der Waals surface area contributed by atoms with E-state index in [4.69, 9.17) is 9.84 Å². The van der Waals surface area contributed by atoms with E-state index in [1.165, 1.54) is 6.07 Å². The lowest BCUT2D eigenvalue weighted by atomic mass is 9.69. The van der Waals surface area contributed by atoms with Crippen molar-refractivity contribution in [3.05, 3.63) is 82.8 Å². The summed E-state index contributed by atoms with van der Waals surface area (Å²) in [5.41, 5.74) is 4.07. The Hall–Kier alpha value is -3.12. The number of benzene rings is 2. The highest BCUT2D eigenvalue weighted by atomic mass is 19.1. The Morgan fingerprint density at radius 3 is 2.62 bits per heavy atom. The van der Waals surface area contributed by atoms with Gasteiger partial charge in [-0.05, 0) is 65.6 Å². The summed E-state index contributed by atoms with van der Waals surface area (Å²) < 4.78 is 20.5. The molecule has 3 aromatic rings. The van der Waals surface area contributed by atoms with Crippen LogP contribution >= 0.6 is 0 Å². The summed E-state index contributed by atoms with van der Waals surface area (Å²) in [6.07, 6.45) is 2.02. The van der Waals surface area contributed by atoms with E-state index >= 15 is 0 Å². The van der Waals surface area contributed by atoms with Gasteiger partial charge < -0.3 is 9.84 Å². The Balaban J connectivity index is 1.41. The first kappa shape index (κ1) is 20.8. The van der Waals surface area contributed by atoms with E-state index in [9.17, 15) is 9.18 Å². The molecule has 0 spiro atoms. The van der Waals surface area contributed by atoms with Crippen molar-refractivity contribution < 1.29 is 19.0 Å². The number of rotatable bonds is 6. The zero-order valence-corrected chi connectivity index (χ0v) is 18.1. The molecule has 1 fully saturated rings. The van der Waals surface area contributed by atoms with E-state index in [0.29, 0.717) is 30.4 Å². The molecule has 0 saturated heterocycles. The van der Waals surface area contributed by atoms with Gasteiger partial charge in [0.1, 0.15) is 5.82 Å². The third kappa shape index (κ3) is 3.05. The van der Waals surface area contributed by atoms with Crippen LogP contribution in [0, 0.1) is 11.2 Å². The predicted molar refractivity (Wildman–Crippen MR) is 118 cm³/mol. The number of carboxylic acids is 1. The standard InChI is InChI=1S/C26H25FN2O3/c1-25(2)20-11-12-26(25,15-32-14-16-7-9-17(10-8-16)24(30)31)23-19(20)13-22(28-29-23)18-5-3-4-6-21(18)27/h3-10,13,20H,11-12,14-15H2,1-2H3,(H,30,31)/t20-,26-/m1/s1. The average molecular weight is 432 g/mol. The van der Waals surface area contributed by atoms with Gasteiger partial charge >= 0.3 is 5.97 Å². The summed E-state index contributed by atoms with van der Waals surface area (Å²) in [5, 5.41) is 18.1. The zero-order valence-electron chi connectivity index (χ0n) is 18.1. The fourth-order valence-electron chi connectivity index (χ4n) is 5.63. The molecule has 0 aliphatic heterocycles. The molecule has 0 radical (unpaired) electrons. The summed E-state index contributed by atoms with van der Waals surface area (Å²) in [7, 11) is 0. The van der Waals surface area contributed by atoms with Gasteiger partial charge in [-0.1, -0.05) is 38.1 Å². The Morgan fingerprint density at radius 1 is 1.16 bits per heavy atom. The van der Waals surface area contributed by atoms with Gasteiger partial charge in [-0.25, -0.2) is 9.18 Å². The predicted octanol–water partition coefficient (Wildman–Crippen LogP) is 5.35. The van der Waals surface area contributed by atoms with Gasteiger partial charge in [0, 0.05) is 11.0 Å². The van der Waals surface area contributed by atoms with E-state index < -0.39 is 5.97 Å². The largest absolute Gasteiger partial charge is 0.478 e. The highest BCUT2D eigenvalue weighted by Gasteiger charge is 2.63. The van der Waals surface area contributed by atoms with Crippen molar-refractivity contribution >= 4 is 5.97 Å². The lowest BCUT2D eigenvalue weighted by Crippen LogP contribution is -2.40. The van der Waals surface area contributed by atoms with E-state index in [-0.39, 0.29) is 22.2 Å². The van der Waals surface area contributed by atoms with Crippen LogP contribution in [0.4, 0.5) is 4.39 Å². The second-order valence-electron chi connectivity index (χ2n) is 9.40. The third-order valence-electron chi connectivity index (χ3n) is 7.58. The highest BCUT2D eigenvalue weighted by molar-refractivity contribution is 5.87. The lowest BCUT2D eigenvalue weighted by molar-refractivity contribution is 0.0309. The van der Waals surface area contributed by atoms with Gasteiger partial charge in [0.05, 0.1) is 30.2 Å². The molecular formula is C26H25FN2O3. The molecule has 2 aliphatic carbocycles. The van der Waals surface area contributed by atoms with Gasteiger partial charge in [0.15, 0.2) is 0 Å². The molecule has 164 valence electrons. The molecule has 6 heteroatoms. The number of halogens is 1. The number of fused-ring (bicyclic) bond motifs is 5. The molecule has 0 unspecified atom stereocenters. The van der Waals surface area contributed by atoms with Gasteiger partial charge in [0.2, 0.25) is 0 Å². The van der Waals surface area contributed by atoms with Crippen LogP contribution in [0.2, 0.25) is 0 Å². The number of nitrogens with zero attached hydrogens (tertiary/aromatic N) is 2. The maximum Gasteiger partial charge on any atom is 0.335 e. The topological polar surface area (TPSA) is 72.3 Å². The van der Waals surface area contributed by atoms with Crippen LogP contribution in [0.5, 0.6) is 0 Å². The van der Waals surface area contributed by atoms with Gasteiger partial charge in [-0.15, -0.1) is 0 Å². The molecule has 2 aliphatic rings. The number of carboxylic acid groups (broad SMARTS) is 1. The lowest BCUT2D eigenvalue weighted by Gasteiger charge is -2.37. The normalized spacial score (nSPS) is 22.7. The maximum atomic E-state index is 14.3. The molecule has 2 bridgehead atoms. The van der Waals surface area contributed by atoms with E-state index in [2.05, 4.69) is 24.0 Å². The molecule has 5 nitrogen and oxygen atoms in total. The average Bonchev–Trinajstić information content (AvgIpc) is 3.14. The van der Waals surface area contributed by atoms with E-state index in [0.717, 1.165) is 29.7 Å². The van der Waals surface area contributed by atoms with Gasteiger partial charge in [-0.2, -0.15) is 10.2 Å². The first-order valence-corrected chi connectivity index (χ1v) is 10.9. The first-order valence-electron chi connectivity index (χ1n) is 10.9. The van der Waals surface area contributed by atoms with Gasteiger partial charge in [0.25, 0.3) is 0 Å². The molecule has 1 N–H and O–H groups in total. The summed E-state index contributed by atoms with van der Waals surface area (Å²) in [4.78, 5) is 11.0. The molecule has 2 aromatic carbocycles. The minimum absolute atomic E-state index is 0.0506. The molecule has 1 saturated carbocycles. The Labute approximate surface area is 186 Å². The number of ether oxygens (including phenoxy) is 1. The molecule has 2 atom stereocenters. The van der Waals surface area contributed by atoms with Crippen LogP contribution < -0.4 is 0 Å². The van der Waals surface area contributed by atoms with E-state index in [1.54, 1.807) is 36.4 Å². The van der Waals surface area contributed by atoms with Crippen LogP contribution in [0.25, 0.3) is 11.3 Å². The monoisotopic (exact) mass is 432 g/mol. The minimum Gasteiger partial charge on any atom is -0.478 e. The smallest absolute Gasteiger partial charge is 0.335 e. The molecule has 1 heterocycles. The van der Waals surface area contributed by atoms with Crippen molar-refractivity contribution in [1.29, 1.82) is 0 Å². The fourth-order valence-corrected chi connectivity index (χ4v) is 5.63. The van der Waals surface area contributed by atoms with Crippen molar-refractivity contribution in [3.63, 3.8) is 0 Å². The number of hydrogen-bond acceptors (Lipinski definition) is 4. The first-order chi connectivity index (χ1) is 15.3. The molecular weight excluding hydrogens is 407 g/mol. The minimum atomic E-state index is -0.939. The highest BCUT2D eigenvalue weighted by Crippen LogP contribution is 2.67. The molecule has 1 aromatic heterocycles. The Kier molecular flexibility index (Phi) is 4.86. The van der Waals surface area contributed by atoms with Crippen molar-refractivity contribution in [2.45, 2.75) is 44.6 Å². The number of aromatic carboxylic acids is 1. The Bertz CT molecular complexity index is 1190. The second kappa shape index (κ2) is 7.48. The van der Waals surface area contributed by atoms with Crippen LogP contribution in [0.1, 0.15) is 59.8 Å². The van der Waals surface area contributed by atoms with Crippen molar-refractivity contribution in [1.82, 2.24) is 10.2 Å². The quantitative estimate of drug-likeness (QED) is 0.568. The van der Waals surface area contributed by atoms with Crippen molar-refractivity contribution in [3.8, 4) is 11.3 Å². The van der Waals surface area contributed by atoms with Crippen molar-refractivity contribution in [2.24, 2.45) is 5.41 Å².